The van der Waals surface area contributed by atoms with Crippen molar-refractivity contribution in [1.82, 2.24) is 20.0 Å². The van der Waals surface area contributed by atoms with Crippen LogP contribution in [0.5, 0.6) is 0 Å². The Kier molecular flexibility index (Phi) is 4.19. The van der Waals surface area contributed by atoms with Crippen LogP contribution in [-0.2, 0) is 21.4 Å². The molecule has 1 aromatic heterocycles. The van der Waals surface area contributed by atoms with E-state index in [1.807, 2.05) is 0 Å². The maximum atomic E-state index is 12.5. The van der Waals surface area contributed by atoms with E-state index in [-0.39, 0.29) is 22.8 Å². The largest absolute Gasteiger partial charge is 0.289 e. The third-order valence-electron chi connectivity index (χ3n) is 4.27. The summed E-state index contributed by atoms with van der Waals surface area (Å²) in [4.78, 5) is 29.1. The quantitative estimate of drug-likeness (QED) is 0.630. The Labute approximate surface area is 160 Å². The van der Waals surface area contributed by atoms with E-state index in [9.17, 15) is 18.0 Å². The second-order valence-electron chi connectivity index (χ2n) is 6.17. The number of fused-ring (bicyclic) bond motifs is 2. The van der Waals surface area contributed by atoms with Gasteiger partial charge in [0.05, 0.1) is 17.2 Å². The minimum absolute atomic E-state index is 0.0843. The molecule has 0 fully saturated rings. The zero-order valence-corrected chi connectivity index (χ0v) is 15.5. The summed E-state index contributed by atoms with van der Waals surface area (Å²) in [6, 6.07) is 13.2. The number of aromatic nitrogens is 2. The van der Waals surface area contributed by atoms with Gasteiger partial charge in [-0.25, -0.2) is 4.98 Å². The number of hydrazine groups is 1. The zero-order valence-electron chi connectivity index (χ0n) is 14.7. The highest BCUT2D eigenvalue weighted by atomic mass is 32.2. The normalized spacial score (nSPS) is 14.4. The lowest BCUT2D eigenvalue weighted by atomic mass is 10.2. The number of nitrogens with one attached hydrogen (secondary N) is 1. The first-order chi connectivity index (χ1) is 13.4. The van der Waals surface area contributed by atoms with E-state index in [4.69, 9.17) is 0 Å². The van der Waals surface area contributed by atoms with Crippen molar-refractivity contribution in [3.8, 4) is 0 Å². The molecule has 0 radical (unpaired) electrons. The van der Waals surface area contributed by atoms with E-state index < -0.39 is 15.9 Å². The Hall–Kier alpha value is -3.53. The van der Waals surface area contributed by atoms with Crippen molar-refractivity contribution >= 4 is 32.7 Å². The van der Waals surface area contributed by atoms with Crippen LogP contribution < -0.4 is 11.0 Å². The van der Waals surface area contributed by atoms with Gasteiger partial charge in [-0.1, -0.05) is 24.3 Å². The van der Waals surface area contributed by atoms with Crippen LogP contribution in [0.25, 0.3) is 10.9 Å². The van der Waals surface area contributed by atoms with Crippen molar-refractivity contribution in [3.05, 3.63) is 70.8 Å². The third kappa shape index (κ3) is 3.03. The van der Waals surface area contributed by atoms with E-state index in [1.165, 1.54) is 29.0 Å². The van der Waals surface area contributed by atoms with Crippen molar-refractivity contribution in [2.45, 2.75) is 11.4 Å². The molecular formula is C18H15N5O4S. The number of rotatable bonds is 2. The second-order valence-corrected chi connectivity index (χ2v) is 7.75. The van der Waals surface area contributed by atoms with E-state index in [0.717, 1.165) is 0 Å². The maximum Gasteiger partial charge on any atom is 0.285 e. The summed E-state index contributed by atoms with van der Waals surface area (Å²) in [6.45, 7) is -0.275. The molecule has 0 spiro atoms. The predicted octanol–water partition coefficient (Wildman–Crippen LogP) is 0.509. The van der Waals surface area contributed by atoms with E-state index in [1.54, 1.807) is 42.5 Å². The number of nitrogens with zero attached hydrogens (tertiary/aromatic N) is 4. The molecule has 2 aromatic carbocycles. The summed E-state index contributed by atoms with van der Waals surface area (Å²) < 4.78 is 29.2. The van der Waals surface area contributed by atoms with Gasteiger partial charge in [-0.3, -0.25) is 24.6 Å². The van der Waals surface area contributed by atoms with Gasteiger partial charge in [-0.05, 0) is 24.3 Å². The number of para-hydroxylation sites is 1. The second kappa shape index (κ2) is 6.57. The lowest BCUT2D eigenvalue weighted by Gasteiger charge is -2.20. The Morgan fingerprint density at radius 1 is 1.14 bits per heavy atom. The Morgan fingerprint density at radius 2 is 1.86 bits per heavy atom. The van der Waals surface area contributed by atoms with Gasteiger partial charge in [0.2, 0.25) is 0 Å². The van der Waals surface area contributed by atoms with Crippen molar-refractivity contribution < 1.29 is 13.2 Å². The smallest absolute Gasteiger partial charge is 0.285 e. The van der Waals surface area contributed by atoms with Crippen molar-refractivity contribution in [3.63, 3.8) is 0 Å². The van der Waals surface area contributed by atoms with Gasteiger partial charge in [-0.15, -0.1) is 4.40 Å². The molecule has 0 saturated heterocycles. The summed E-state index contributed by atoms with van der Waals surface area (Å²) in [5.74, 6) is -0.418. The molecular weight excluding hydrogens is 382 g/mol. The van der Waals surface area contributed by atoms with Gasteiger partial charge < -0.3 is 0 Å². The van der Waals surface area contributed by atoms with Crippen molar-refractivity contribution in [2.24, 2.45) is 4.40 Å². The number of hydrogen-bond donors (Lipinski definition) is 1. The monoisotopic (exact) mass is 397 g/mol. The molecule has 28 heavy (non-hydrogen) atoms. The number of amides is 1. The number of carbonyl (C=O) groups is 1. The lowest BCUT2D eigenvalue weighted by Crippen LogP contribution is -2.45. The number of hydrogen-bond acceptors (Lipinski definition) is 6. The first kappa shape index (κ1) is 17.9. The molecule has 1 aliphatic rings. The molecule has 1 aliphatic heterocycles. The molecule has 2 heterocycles. The molecule has 3 aromatic rings. The summed E-state index contributed by atoms with van der Waals surface area (Å²) in [5.41, 5.74) is 3.14. The fraction of sp³-hybridized carbons (Fsp3) is 0.111. The Bertz CT molecular complexity index is 1300. The molecule has 0 bridgehead atoms. The zero-order chi connectivity index (χ0) is 19.9. The molecule has 0 unspecified atom stereocenters. The first-order valence-corrected chi connectivity index (χ1v) is 9.72. The average molecular weight is 397 g/mol. The van der Waals surface area contributed by atoms with Gasteiger partial charge in [0.1, 0.15) is 11.4 Å². The van der Waals surface area contributed by atoms with E-state index in [2.05, 4.69) is 14.8 Å². The predicted molar refractivity (Wildman–Crippen MR) is 102 cm³/mol. The number of sulfonamides is 1. The lowest BCUT2D eigenvalue weighted by molar-refractivity contribution is -0.124. The Balaban J connectivity index is 1.55. The van der Waals surface area contributed by atoms with Crippen LogP contribution in [0.2, 0.25) is 0 Å². The third-order valence-corrected chi connectivity index (χ3v) is 5.59. The molecule has 142 valence electrons. The van der Waals surface area contributed by atoms with Crippen LogP contribution in [0.15, 0.2) is 68.9 Å². The van der Waals surface area contributed by atoms with Crippen molar-refractivity contribution in [2.75, 3.05) is 7.05 Å². The van der Waals surface area contributed by atoms with Crippen LogP contribution >= 0.6 is 0 Å². The fourth-order valence-corrected chi connectivity index (χ4v) is 4.21. The number of benzene rings is 2. The van der Waals surface area contributed by atoms with Crippen LogP contribution in [0.4, 0.5) is 0 Å². The summed E-state index contributed by atoms with van der Waals surface area (Å²) in [5, 5.41) is 1.64. The SMILES string of the molecule is CN(NC(=O)Cn1cnc2ccccc2c1=O)C1=NS(=O)(=O)c2ccccc21. The van der Waals surface area contributed by atoms with Crippen LogP contribution in [0, 0.1) is 0 Å². The summed E-state index contributed by atoms with van der Waals surface area (Å²) in [6.07, 6.45) is 1.30. The topological polar surface area (TPSA) is 114 Å². The van der Waals surface area contributed by atoms with Gasteiger partial charge in [0.15, 0.2) is 5.84 Å². The molecule has 0 aliphatic carbocycles. The van der Waals surface area contributed by atoms with Crippen LogP contribution in [-0.4, -0.2) is 41.8 Å². The number of carbonyl (C=O) groups excluding carboxylic acids is 1. The Morgan fingerprint density at radius 3 is 2.68 bits per heavy atom. The molecule has 1 amide bonds. The molecule has 10 heteroatoms. The van der Waals surface area contributed by atoms with Gasteiger partial charge >= 0.3 is 0 Å². The van der Waals surface area contributed by atoms with Gasteiger partial charge in [-0.2, -0.15) is 8.42 Å². The highest BCUT2D eigenvalue weighted by Gasteiger charge is 2.31. The highest BCUT2D eigenvalue weighted by Crippen LogP contribution is 2.26. The molecule has 0 saturated carbocycles. The number of amidine groups is 1. The van der Waals surface area contributed by atoms with Crippen molar-refractivity contribution in [1.29, 1.82) is 0 Å². The van der Waals surface area contributed by atoms with Crippen LogP contribution in [0.1, 0.15) is 5.56 Å². The minimum Gasteiger partial charge on any atom is -0.289 e. The maximum absolute atomic E-state index is 12.5. The summed E-state index contributed by atoms with van der Waals surface area (Å²) >= 11 is 0. The fourth-order valence-electron chi connectivity index (χ4n) is 2.98. The first-order valence-electron chi connectivity index (χ1n) is 8.28. The van der Waals surface area contributed by atoms with E-state index >= 15 is 0 Å². The minimum atomic E-state index is -3.80. The van der Waals surface area contributed by atoms with Gasteiger partial charge in [0, 0.05) is 12.6 Å². The molecule has 1 N–H and O–H groups in total. The van der Waals surface area contributed by atoms with Crippen LogP contribution in [0.3, 0.4) is 0 Å². The highest BCUT2D eigenvalue weighted by molar-refractivity contribution is 7.90. The molecule has 0 atom stereocenters. The average Bonchev–Trinajstić information content (AvgIpc) is 2.96. The van der Waals surface area contributed by atoms with E-state index in [0.29, 0.717) is 16.5 Å². The van der Waals surface area contributed by atoms with Gasteiger partial charge in [0.25, 0.3) is 21.5 Å². The molecule has 4 rings (SSSR count). The molecule has 9 nitrogen and oxygen atoms in total. The summed E-state index contributed by atoms with van der Waals surface area (Å²) in [7, 11) is -2.31. The standard InChI is InChI=1S/C18H15N5O4S/c1-22(17-13-7-3-5-9-15(13)28(26,27)21-17)20-16(24)10-23-11-19-14-8-4-2-6-12(14)18(23)25/h2-9,11H,10H2,1H3,(H,20,24).